The van der Waals surface area contributed by atoms with Crippen LogP contribution in [0, 0.1) is 13.8 Å². The number of aromatic amines is 1. The molecular formula is C23H17Cl2NO. The fraction of sp³-hybridized carbons (Fsp3) is 0.0870. The average molecular weight is 394 g/mol. The van der Waals surface area contributed by atoms with E-state index in [1.165, 1.54) is 0 Å². The number of aromatic nitrogens is 1. The summed E-state index contributed by atoms with van der Waals surface area (Å²) < 4.78 is 0. The van der Waals surface area contributed by atoms with E-state index in [2.05, 4.69) is 11.1 Å². The topological polar surface area (TPSA) is 32.9 Å². The molecule has 0 amide bonds. The predicted octanol–water partition coefficient (Wildman–Crippen LogP) is 6.79. The highest BCUT2D eigenvalue weighted by atomic mass is 35.5. The lowest BCUT2D eigenvalue weighted by Crippen LogP contribution is -2.10. The Balaban J connectivity index is 2.21. The second kappa shape index (κ2) is 6.88. The molecule has 0 aliphatic heterocycles. The minimum Gasteiger partial charge on any atom is -0.321 e. The molecule has 2 nitrogen and oxygen atoms in total. The Bertz CT molecular complexity index is 1240. The van der Waals surface area contributed by atoms with Crippen molar-refractivity contribution in [3.63, 3.8) is 0 Å². The molecule has 0 atom stereocenters. The Hall–Kier alpha value is -2.55. The molecule has 0 aliphatic rings. The summed E-state index contributed by atoms with van der Waals surface area (Å²) in [5.74, 6) is 0. The van der Waals surface area contributed by atoms with Gasteiger partial charge in [0.1, 0.15) is 0 Å². The van der Waals surface area contributed by atoms with Crippen molar-refractivity contribution in [2.45, 2.75) is 13.8 Å². The van der Waals surface area contributed by atoms with E-state index in [1.54, 1.807) is 0 Å². The lowest BCUT2D eigenvalue weighted by Gasteiger charge is -2.16. The van der Waals surface area contributed by atoms with E-state index in [0.717, 1.165) is 38.9 Å². The molecule has 0 aliphatic carbocycles. The van der Waals surface area contributed by atoms with Gasteiger partial charge >= 0.3 is 0 Å². The molecule has 1 heterocycles. The van der Waals surface area contributed by atoms with E-state index in [9.17, 15) is 4.79 Å². The first-order valence-electron chi connectivity index (χ1n) is 8.63. The Morgan fingerprint density at radius 2 is 1.44 bits per heavy atom. The van der Waals surface area contributed by atoms with Crippen molar-refractivity contribution < 1.29 is 0 Å². The van der Waals surface area contributed by atoms with Crippen LogP contribution in [0.15, 0.2) is 65.5 Å². The predicted molar refractivity (Wildman–Crippen MR) is 115 cm³/mol. The maximum absolute atomic E-state index is 12.9. The van der Waals surface area contributed by atoms with E-state index in [4.69, 9.17) is 23.2 Å². The van der Waals surface area contributed by atoms with Crippen LogP contribution in [0.25, 0.3) is 33.2 Å². The first-order valence-corrected chi connectivity index (χ1v) is 9.39. The molecule has 0 radical (unpaired) electrons. The third-order valence-corrected chi connectivity index (χ3v) is 5.16. The highest BCUT2D eigenvalue weighted by Crippen LogP contribution is 2.38. The van der Waals surface area contributed by atoms with Crippen molar-refractivity contribution >= 4 is 34.0 Å². The minimum absolute atomic E-state index is 0.113. The smallest absolute Gasteiger partial charge is 0.256 e. The van der Waals surface area contributed by atoms with Gasteiger partial charge in [-0.1, -0.05) is 59.1 Å². The standard InChI is InChI=1S/C23H17Cl2NO/c1-13-9-14(2)20-19(10-13)23(27)26-22(16-6-4-8-18(25)12-16)21(20)15-5-3-7-17(24)11-15/h3-12H,1-2H3,(H,26,27). The van der Waals surface area contributed by atoms with Gasteiger partial charge < -0.3 is 4.98 Å². The first-order chi connectivity index (χ1) is 12.9. The highest BCUT2D eigenvalue weighted by Gasteiger charge is 2.17. The van der Waals surface area contributed by atoms with E-state index in [1.807, 2.05) is 68.4 Å². The van der Waals surface area contributed by atoms with Crippen molar-refractivity contribution in [3.8, 4) is 22.4 Å². The van der Waals surface area contributed by atoms with E-state index >= 15 is 0 Å². The highest BCUT2D eigenvalue weighted by molar-refractivity contribution is 6.31. The lowest BCUT2D eigenvalue weighted by atomic mass is 9.91. The summed E-state index contributed by atoms with van der Waals surface area (Å²) in [5.41, 5.74) is 5.49. The molecule has 0 saturated heterocycles. The fourth-order valence-corrected chi connectivity index (χ4v) is 4.02. The van der Waals surface area contributed by atoms with Gasteiger partial charge in [0.2, 0.25) is 0 Å². The van der Waals surface area contributed by atoms with Gasteiger partial charge in [-0.3, -0.25) is 4.79 Å². The van der Waals surface area contributed by atoms with Crippen LogP contribution < -0.4 is 5.56 Å². The molecule has 4 aromatic rings. The summed E-state index contributed by atoms with van der Waals surface area (Å²) in [6.45, 7) is 4.03. The molecular weight excluding hydrogens is 377 g/mol. The van der Waals surface area contributed by atoms with Crippen LogP contribution in [-0.4, -0.2) is 4.98 Å². The summed E-state index contributed by atoms with van der Waals surface area (Å²) in [6, 6.07) is 19.2. The molecule has 0 saturated carbocycles. The molecule has 0 unspecified atom stereocenters. The maximum Gasteiger partial charge on any atom is 0.256 e. The third kappa shape index (κ3) is 3.27. The van der Waals surface area contributed by atoms with Gasteiger partial charge in [-0.25, -0.2) is 0 Å². The van der Waals surface area contributed by atoms with Gasteiger partial charge in [-0.15, -0.1) is 0 Å². The lowest BCUT2D eigenvalue weighted by molar-refractivity contribution is 1.27. The number of H-pyrrole nitrogens is 1. The number of aryl methyl sites for hydroxylation is 2. The zero-order valence-corrected chi connectivity index (χ0v) is 16.4. The summed E-state index contributed by atoms with van der Waals surface area (Å²) >= 11 is 12.5. The van der Waals surface area contributed by atoms with Crippen LogP contribution in [0.1, 0.15) is 11.1 Å². The molecule has 3 aromatic carbocycles. The maximum atomic E-state index is 12.9. The van der Waals surface area contributed by atoms with Crippen molar-refractivity contribution in [2.75, 3.05) is 0 Å². The summed E-state index contributed by atoms with van der Waals surface area (Å²) in [5, 5.41) is 2.87. The number of nitrogens with one attached hydrogen (secondary N) is 1. The summed E-state index contributed by atoms with van der Waals surface area (Å²) in [7, 11) is 0. The van der Waals surface area contributed by atoms with E-state index in [-0.39, 0.29) is 5.56 Å². The van der Waals surface area contributed by atoms with Crippen LogP contribution in [-0.2, 0) is 0 Å². The third-order valence-electron chi connectivity index (χ3n) is 4.69. The largest absolute Gasteiger partial charge is 0.321 e. The van der Waals surface area contributed by atoms with Crippen LogP contribution in [0.5, 0.6) is 0 Å². The second-order valence-corrected chi connectivity index (χ2v) is 7.60. The van der Waals surface area contributed by atoms with E-state index in [0.29, 0.717) is 15.4 Å². The SMILES string of the molecule is Cc1cc(C)c2c(-c3cccc(Cl)c3)c(-c3cccc(Cl)c3)[nH]c(=O)c2c1. The molecule has 27 heavy (non-hydrogen) atoms. The Labute approximate surface area is 167 Å². The average Bonchev–Trinajstić information content (AvgIpc) is 2.62. The van der Waals surface area contributed by atoms with Crippen LogP contribution in [0.4, 0.5) is 0 Å². The van der Waals surface area contributed by atoms with Crippen LogP contribution >= 0.6 is 23.2 Å². The molecule has 0 bridgehead atoms. The van der Waals surface area contributed by atoms with Crippen molar-refractivity contribution in [1.82, 2.24) is 4.98 Å². The molecule has 0 fully saturated rings. The number of hydrogen-bond acceptors (Lipinski definition) is 1. The monoisotopic (exact) mass is 393 g/mol. The van der Waals surface area contributed by atoms with E-state index < -0.39 is 0 Å². The Morgan fingerprint density at radius 1 is 0.815 bits per heavy atom. The van der Waals surface area contributed by atoms with Crippen molar-refractivity contribution in [1.29, 1.82) is 0 Å². The summed E-state index contributed by atoms with van der Waals surface area (Å²) in [6.07, 6.45) is 0. The number of hydrogen-bond donors (Lipinski definition) is 1. The zero-order valence-electron chi connectivity index (χ0n) is 14.9. The number of fused-ring (bicyclic) bond motifs is 1. The Morgan fingerprint density at radius 3 is 2.11 bits per heavy atom. The zero-order chi connectivity index (χ0) is 19.1. The molecule has 1 aromatic heterocycles. The summed E-state index contributed by atoms with van der Waals surface area (Å²) in [4.78, 5) is 16.0. The van der Waals surface area contributed by atoms with Gasteiger partial charge in [-0.05, 0) is 55.3 Å². The van der Waals surface area contributed by atoms with Gasteiger partial charge in [0.05, 0.1) is 5.69 Å². The van der Waals surface area contributed by atoms with Gasteiger partial charge in [0.25, 0.3) is 5.56 Å². The van der Waals surface area contributed by atoms with Gasteiger partial charge in [0, 0.05) is 31.9 Å². The quantitative estimate of drug-likeness (QED) is 0.399. The molecule has 1 N–H and O–H groups in total. The minimum atomic E-state index is -0.113. The molecule has 0 spiro atoms. The number of rotatable bonds is 2. The first kappa shape index (κ1) is 17.8. The van der Waals surface area contributed by atoms with Crippen molar-refractivity contribution in [3.05, 3.63) is 92.2 Å². The van der Waals surface area contributed by atoms with Crippen molar-refractivity contribution in [2.24, 2.45) is 0 Å². The molecule has 4 rings (SSSR count). The van der Waals surface area contributed by atoms with Crippen LogP contribution in [0.3, 0.4) is 0 Å². The molecule has 134 valence electrons. The normalized spacial score (nSPS) is 11.1. The molecule has 4 heteroatoms. The van der Waals surface area contributed by atoms with Gasteiger partial charge in [0.15, 0.2) is 0 Å². The van der Waals surface area contributed by atoms with Crippen LogP contribution in [0.2, 0.25) is 10.0 Å². The number of benzene rings is 3. The Kier molecular flexibility index (Phi) is 4.55. The number of halogens is 2. The number of pyridine rings is 1. The van der Waals surface area contributed by atoms with Gasteiger partial charge in [-0.2, -0.15) is 0 Å². The fourth-order valence-electron chi connectivity index (χ4n) is 3.64. The second-order valence-electron chi connectivity index (χ2n) is 6.73.